The summed E-state index contributed by atoms with van der Waals surface area (Å²) in [6.07, 6.45) is -0.489. The van der Waals surface area contributed by atoms with Crippen LogP contribution in [0, 0.1) is 0 Å². The molecule has 3 aromatic rings. The smallest absolute Gasteiger partial charge is 0.0942 e. The van der Waals surface area contributed by atoms with E-state index >= 15 is 0 Å². The van der Waals surface area contributed by atoms with Gasteiger partial charge in [0.2, 0.25) is 0 Å². The third-order valence-electron chi connectivity index (χ3n) is 5.02. The first-order valence-corrected chi connectivity index (χ1v) is 9.39. The Morgan fingerprint density at radius 3 is 2.29 bits per heavy atom. The highest BCUT2D eigenvalue weighted by molar-refractivity contribution is 9.10. The molecule has 0 spiro atoms. The highest BCUT2D eigenvalue weighted by Gasteiger charge is 2.21. The summed E-state index contributed by atoms with van der Waals surface area (Å²) >= 11 is 3.67. The van der Waals surface area contributed by atoms with Crippen molar-refractivity contribution >= 4 is 37.5 Å². The van der Waals surface area contributed by atoms with Crippen LogP contribution in [0.15, 0.2) is 53.0 Å². The number of fused-ring (bicyclic) bond motifs is 3. The maximum atomic E-state index is 10.9. The van der Waals surface area contributed by atoms with Gasteiger partial charge in [-0.2, -0.15) is 0 Å². The standard InChI is InChI=1S/C21H24BrNO/c1-4-23(5-2)14(3)21(24)16-11-10-15-13-20(22)18-9-7-6-8-17(18)19(15)12-16/h6-14,21,24H,4-5H2,1-3H3. The summed E-state index contributed by atoms with van der Waals surface area (Å²) in [5.74, 6) is 0. The average Bonchev–Trinajstić information content (AvgIpc) is 2.62. The van der Waals surface area contributed by atoms with Gasteiger partial charge in [-0.15, -0.1) is 0 Å². The number of likely N-dealkylation sites (N-methyl/N-ethyl adjacent to an activating group) is 1. The molecule has 3 aromatic carbocycles. The molecule has 0 heterocycles. The summed E-state index contributed by atoms with van der Waals surface area (Å²) in [5.41, 5.74) is 0.981. The molecule has 2 nitrogen and oxygen atoms in total. The quantitative estimate of drug-likeness (QED) is 0.584. The molecule has 2 atom stereocenters. The van der Waals surface area contributed by atoms with E-state index in [0.717, 1.165) is 23.1 Å². The SMILES string of the molecule is CCN(CC)C(C)C(O)c1ccc2cc(Br)c3ccccc3c2c1. The molecule has 24 heavy (non-hydrogen) atoms. The van der Waals surface area contributed by atoms with E-state index in [9.17, 15) is 5.11 Å². The van der Waals surface area contributed by atoms with Gasteiger partial charge in [-0.3, -0.25) is 4.90 Å². The summed E-state index contributed by atoms with van der Waals surface area (Å²) in [6.45, 7) is 8.26. The van der Waals surface area contributed by atoms with Gasteiger partial charge in [0.25, 0.3) is 0 Å². The number of benzene rings is 3. The molecule has 3 rings (SSSR count). The first kappa shape index (κ1) is 17.4. The maximum Gasteiger partial charge on any atom is 0.0942 e. The Labute approximate surface area is 152 Å². The van der Waals surface area contributed by atoms with Crippen molar-refractivity contribution in [1.82, 2.24) is 4.90 Å². The fraction of sp³-hybridized carbons (Fsp3) is 0.333. The van der Waals surface area contributed by atoms with E-state index in [-0.39, 0.29) is 6.04 Å². The number of hydrogen-bond acceptors (Lipinski definition) is 2. The van der Waals surface area contributed by atoms with Crippen LogP contribution in [0.1, 0.15) is 32.4 Å². The second kappa shape index (κ2) is 7.22. The van der Waals surface area contributed by atoms with Crippen LogP contribution in [0.3, 0.4) is 0 Å². The van der Waals surface area contributed by atoms with Crippen molar-refractivity contribution in [1.29, 1.82) is 0 Å². The van der Waals surface area contributed by atoms with Crippen molar-refractivity contribution < 1.29 is 5.11 Å². The van der Waals surface area contributed by atoms with E-state index < -0.39 is 6.10 Å². The van der Waals surface area contributed by atoms with Gasteiger partial charge >= 0.3 is 0 Å². The molecule has 0 amide bonds. The molecular weight excluding hydrogens is 362 g/mol. The fourth-order valence-corrected chi connectivity index (χ4v) is 4.13. The van der Waals surface area contributed by atoms with E-state index in [1.54, 1.807) is 0 Å². The lowest BCUT2D eigenvalue weighted by molar-refractivity contribution is 0.0639. The summed E-state index contributed by atoms with van der Waals surface area (Å²) < 4.78 is 1.11. The van der Waals surface area contributed by atoms with Gasteiger partial charge in [0, 0.05) is 10.5 Å². The second-order valence-electron chi connectivity index (χ2n) is 6.29. The first-order chi connectivity index (χ1) is 11.6. The van der Waals surface area contributed by atoms with E-state index in [1.807, 2.05) is 6.07 Å². The predicted molar refractivity (Wildman–Crippen MR) is 106 cm³/mol. The molecule has 0 aliphatic heterocycles. The number of aliphatic hydroxyl groups excluding tert-OH is 1. The Morgan fingerprint density at radius 2 is 1.62 bits per heavy atom. The molecule has 1 N–H and O–H groups in total. The molecule has 0 saturated carbocycles. The third-order valence-corrected chi connectivity index (χ3v) is 5.68. The largest absolute Gasteiger partial charge is 0.387 e. The minimum Gasteiger partial charge on any atom is -0.387 e. The summed E-state index contributed by atoms with van der Waals surface area (Å²) in [5, 5.41) is 15.7. The van der Waals surface area contributed by atoms with Crippen molar-refractivity contribution in [2.45, 2.75) is 32.9 Å². The normalized spacial score (nSPS) is 14.4. The monoisotopic (exact) mass is 385 g/mol. The van der Waals surface area contributed by atoms with Gasteiger partial charge in [0.15, 0.2) is 0 Å². The first-order valence-electron chi connectivity index (χ1n) is 8.59. The van der Waals surface area contributed by atoms with Crippen molar-refractivity contribution in [2.75, 3.05) is 13.1 Å². The molecule has 0 fully saturated rings. The van der Waals surface area contributed by atoms with Gasteiger partial charge in [0.1, 0.15) is 0 Å². The maximum absolute atomic E-state index is 10.9. The van der Waals surface area contributed by atoms with E-state index in [0.29, 0.717) is 0 Å². The molecule has 0 saturated heterocycles. The topological polar surface area (TPSA) is 23.5 Å². The Hall–Kier alpha value is -1.42. The number of hydrogen-bond donors (Lipinski definition) is 1. The van der Waals surface area contributed by atoms with Crippen LogP contribution in [0.5, 0.6) is 0 Å². The Kier molecular flexibility index (Phi) is 5.24. The lowest BCUT2D eigenvalue weighted by Crippen LogP contribution is -2.37. The lowest BCUT2D eigenvalue weighted by Gasteiger charge is -2.30. The number of rotatable bonds is 5. The molecule has 0 radical (unpaired) electrons. The van der Waals surface area contributed by atoms with Crippen LogP contribution in [0.2, 0.25) is 0 Å². The highest BCUT2D eigenvalue weighted by atomic mass is 79.9. The van der Waals surface area contributed by atoms with E-state index in [4.69, 9.17) is 0 Å². The van der Waals surface area contributed by atoms with Gasteiger partial charge in [0.05, 0.1) is 6.10 Å². The zero-order valence-corrected chi connectivity index (χ0v) is 16.0. The molecule has 3 heteroatoms. The van der Waals surface area contributed by atoms with Crippen LogP contribution in [-0.4, -0.2) is 29.1 Å². The third kappa shape index (κ3) is 3.08. The Balaban J connectivity index is 2.11. The van der Waals surface area contributed by atoms with Crippen LogP contribution in [-0.2, 0) is 0 Å². The number of halogens is 1. The molecule has 0 bridgehead atoms. The van der Waals surface area contributed by atoms with Gasteiger partial charge in [-0.1, -0.05) is 66.2 Å². The molecule has 0 aromatic heterocycles. The van der Waals surface area contributed by atoms with Crippen LogP contribution in [0.25, 0.3) is 21.5 Å². The van der Waals surface area contributed by atoms with Crippen molar-refractivity contribution in [3.05, 3.63) is 58.6 Å². The van der Waals surface area contributed by atoms with Crippen LogP contribution < -0.4 is 0 Å². The zero-order valence-electron chi connectivity index (χ0n) is 14.5. The highest BCUT2D eigenvalue weighted by Crippen LogP contribution is 2.34. The lowest BCUT2D eigenvalue weighted by atomic mass is 9.96. The van der Waals surface area contributed by atoms with E-state index in [2.05, 4.69) is 84.1 Å². The molecule has 2 unspecified atom stereocenters. The van der Waals surface area contributed by atoms with E-state index in [1.165, 1.54) is 21.5 Å². The minimum absolute atomic E-state index is 0.0964. The Bertz CT molecular complexity index is 857. The average molecular weight is 386 g/mol. The molecular formula is C21H24BrNO. The van der Waals surface area contributed by atoms with Gasteiger partial charge < -0.3 is 5.11 Å². The summed E-state index contributed by atoms with van der Waals surface area (Å²) in [7, 11) is 0. The summed E-state index contributed by atoms with van der Waals surface area (Å²) in [6, 6.07) is 17.0. The number of nitrogens with zero attached hydrogens (tertiary/aromatic N) is 1. The van der Waals surface area contributed by atoms with Crippen molar-refractivity contribution in [2.24, 2.45) is 0 Å². The predicted octanol–water partition coefficient (Wildman–Crippen LogP) is 5.52. The summed E-state index contributed by atoms with van der Waals surface area (Å²) in [4.78, 5) is 2.29. The van der Waals surface area contributed by atoms with Crippen molar-refractivity contribution in [3.8, 4) is 0 Å². The molecule has 126 valence electrons. The number of aliphatic hydroxyl groups is 1. The molecule has 0 aliphatic carbocycles. The van der Waals surface area contributed by atoms with Gasteiger partial charge in [-0.25, -0.2) is 0 Å². The molecule has 0 aliphatic rings. The zero-order chi connectivity index (χ0) is 17.3. The minimum atomic E-state index is -0.489. The van der Waals surface area contributed by atoms with Crippen molar-refractivity contribution in [3.63, 3.8) is 0 Å². The van der Waals surface area contributed by atoms with Gasteiger partial charge in [-0.05, 0) is 59.3 Å². The Morgan fingerprint density at radius 1 is 0.958 bits per heavy atom. The fourth-order valence-electron chi connectivity index (χ4n) is 3.54. The van der Waals surface area contributed by atoms with Crippen LogP contribution >= 0.6 is 15.9 Å². The second-order valence-corrected chi connectivity index (χ2v) is 7.15. The van der Waals surface area contributed by atoms with Crippen LogP contribution in [0.4, 0.5) is 0 Å².